The zero-order chi connectivity index (χ0) is 15.2. The van der Waals surface area contributed by atoms with E-state index in [1.165, 1.54) is 0 Å². The SMILES string of the molecule is CCC1COC(C)CN1S(=O)(=O)CCCCNC(C)C. The Bertz CT molecular complexity index is 371. The number of ether oxygens (including phenoxy) is 1. The number of morpholine rings is 1. The molecule has 1 heterocycles. The summed E-state index contributed by atoms with van der Waals surface area (Å²) in [4.78, 5) is 0. The van der Waals surface area contributed by atoms with E-state index < -0.39 is 10.0 Å². The molecule has 5 nitrogen and oxygen atoms in total. The number of nitrogens with one attached hydrogen (secondary N) is 1. The van der Waals surface area contributed by atoms with Crippen LogP contribution in [0.4, 0.5) is 0 Å². The summed E-state index contributed by atoms with van der Waals surface area (Å²) < 4.78 is 32.1. The van der Waals surface area contributed by atoms with Gasteiger partial charge in [-0.2, -0.15) is 4.31 Å². The maximum Gasteiger partial charge on any atom is 0.214 e. The minimum atomic E-state index is -3.15. The second kappa shape index (κ2) is 8.32. The molecule has 1 aliphatic heterocycles. The van der Waals surface area contributed by atoms with E-state index in [1.54, 1.807) is 4.31 Å². The molecule has 2 unspecified atom stereocenters. The van der Waals surface area contributed by atoms with E-state index in [9.17, 15) is 8.42 Å². The van der Waals surface area contributed by atoms with Crippen molar-refractivity contribution in [1.29, 1.82) is 0 Å². The zero-order valence-corrected chi connectivity index (χ0v) is 14.1. The number of sulfonamides is 1. The van der Waals surface area contributed by atoms with E-state index in [0.29, 0.717) is 25.6 Å². The maximum atomic E-state index is 12.4. The summed E-state index contributed by atoms with van der Waals surface area (Å²) >= 11 is 0. The van der Waals surface area contributed by atoms with Crippen LogP contribution in [-0.4, -0.2) is 56.4 Å². The third kappa shape index (κ3) is 5.68. The Balaban J connectivity index is 2.45. The fourth-order valence-corrected chi connectivity index (χ4v) is 4.30. The maximum absolute atomic E-state index is 12.4. The van der Waals surface area contributed by atoms with E-state index in [2.05, 4.69) is 19.2 Å². The van der Waals surface area contributed by atoms with Gasteiger partial charge in [-0.3, -0.25) is 0 Å². The largest absolute Gasteiger partial charge is 0.375 e. The third-order valence-corrected chi connectivity index (χ3v) is 5.59. The molecule has 0 aromatic carbocycles. The Kier molecular flexibility index (Phi) is 7.43. The molecule has 0 spiro atoms. The normalized spacial score (nSPS) is 25.2. The third-order valence-electron chi connectivity index (χ3n) is 3.63. The van der Waals surface area contributed by atoms with Gasteiger partial charge < -0.3 is 10.1 Å². The van der Waals surface area contributed by atoms with Gasteiger partial charge in [-0.05, 0) is 32.7 Å². The van der Waals surface area contributed by atoms with E-state index in [4.69, 9.17) is 4.74 Å². The fourth-order valence-electron chi connectivity index (χ4n) is 2.39. The zero-order valence-electron chi connectivity index (χ0n) is 13.3. The van der Waals surface area contributed by atoms with Gasteiger partial charge in [-0.25, -0.2) is 8.42 Å². The Morgan fingerprint density at radius 3 is 2.65 bits per heavy atom. The molecule has 0 bridgehead atoms. The van der Waals surface area contributed by atoms with Gasteiger partial charge in [0.05, 0.1) is 18.5 Å². The number of unbranched alkanes of at least 4 members (excludes halogenated alkanes) is 1. The highest BCUT2D eigenvalue weighted by molar-refractivity contribution is 7.89. The van der Waals surface area contributed by atoms with Crippen LogP contribution in [0, 0.1) is 0 Å². The monoisotopic (exact) mass is 306 g/mol. The van der Waals surface area contributed by atoms with Crippen molar-refractivity contribution in [3.8, 4) is 0 Å². The molecule has 6 heteroatoms. The summed E-state index contributed by atoms with van der Waals surface area (Å²) in [6, 6.07) is 0.459. The summed E-state index contributed by atoms with van der Waals surface area (Å²) in [5, 5.41) is 3.31. The van der Waals surface area contributed by atoms with Crippen LogP contribution in [0.1, 0.15) is 47.0 Å². The summed E-state index contributed by atoms with van der Waals surface area (Å²) in [5.41, 5.74) is 0. The molecule has 1 saturated heterocycles. The molecule has 2 atom stereocenters. The standard InChI is InChI=1S/C14H30N2O3S/c1-5-14-11-19-13(4)10-16(14)20(17,18)9-7-6-8-15-12(2)3/h12-15H,5-11H2,1-4H3. The first-order valence-corrected chi connectivity index (χ1v) is 9.32. The topological polar surface area (TPSA) is 58.6 Å². The van der Waals surface area contributed by atoms with Crippen molar-refractivity contribution in [2.75, 3.05) is 25.4 Å². The molecule has 0 radical (unpaired) electrons. The lowest BCUT2D eigenvalue weighted by Crippen LogP contribution is -2.51. The van der Waals surface area contributed by atoms with Gasteiger partial charge in [0, 0.05) is 18.6 Å². The van der Waals surface area contributed by atoms with Gasteiger partial charge in [0.25, 0.3) is 0 Å². The average molecular weight is 306 g/mol. The lowest BCUT2D eigenvalue weighted by Gasteiger charge is -2.37. The minimum absolute atomic E-state index is 0.00446. The van der Waals surface area contributed by atoms with Crippen molar-refractivity contribution < 1.29 is 13.2 Å². The number of rotatable bonds is 8. The summed E-state index contributed by atoms with van der Waals surface area (Å²) in [6.45, 7) is 10.0. The van der Waals surface area contributed by atoms with E-state index in [-0.39, 0.29) is 17.9 Å². The van der Waals surface area contributed by atoms with Crippen LogP contribution in [0.15, 0.2) is 0 Å². The first kappa shape index (κ1) is 17.9. The lowest BCUT2D eigenvalue weighted by atomic mass is 10.2. The number of hydrogen-bond acceptors (Lipinski definition) is 4. The van der Waals surface area contributed by atoms with Gasteiger partial charge >= 0.3 is 0 Å². The highest BCUT2D eigenvalue weighted by Gasteiger charge is 2.33. The van der Waals surface area contributed by atoms with Crippen molar-refractivity contribution in [3.63, 3.8) is 0 Å². The van der Waals surface area contributed by atoms with Gasteiger partial charge in [-0.15, -0.1) is 0 Å². The molecule has 0 aromatic heterocycles. The molecule has 20 heavy (non-hydrogen) atoms. The molecule has 1 aliphatic rings. The predicted octanol–water partition coefficient (Wildman–Crippen LogP) is 1.59. The van der Waals surface area contributed by atoms with Crippen LogP contribution in [0.2, 0.25) is 0 Å². The van der Waals surface area contributed by atoms with Gasteiger partial charge in [-0.1, -0.05) is 20.8 Å². The van der Waals surface area contributed by atoms with Crippen LogP contribution < -0.4 is 5.32 Å². The van der Waals surface area contributed by atoms with Crippen molar-refractivity contribution in [3.05, 3.63) is 0 Å². The molecule has 1 rings (SSSR count). The summed E-state index contributed by atoms with van der Waals surface area (Å²) in [5.74, 6) is 0.246. The smallest absolute Gasteiger partial charge is 0.214 e. The van der Waals surface area contributed by atoms with Crippen molar-refractivity contribution >= 4 is 10.0 Å². The second-order valence-corrected chi connectivity index (χ2v) is 7.95. The minimum Gasteiger partial charge on any atom is -0.375 e. The molecule has 120 valence electrons. The highest BCUT2D eigenvalue weighted by Crippen LogP contribution is 2.19. The Morgan fingerprint density at radius 1 is 1.35 bits per heavy atom. The molecule has 0 amide bonds. The molecular formula is C14H30N2O3S. The van der Waals surface area contributed by atoms with Crippen molar-refractivity contribution in [2.24, 2.45) is 0 Å². The summed E-state index contributed by atoms with van der Waals surface area (Å²) in [6.07, 6.45) is 2.41. The van der Waals surface area contributed by atoms with Crippen molar-refractivity contribution in [2.45, 2.75) is 65.1 Å². The van der Waals surface area contributed by atoms with Crippen LogP contribution >= 0.6 is 0 Å². The van der Waals surface area contributed by atoms with Crippen LogP contribution in [0.3, 0.4) is 0 Å². The molecule has 1 fully saturated rings. The quantitative estimate of drug-likeness (QED) is 0.692. The van der Waals surface area contributed by atoms with E-state index in [0.717, 1.165) is 19.4 Å². The van der Waals surface area contributed by atoms with E-state index >= 15 is 0 Å². The van der Waals surface area contributed by atoms with Gasteiger partial charge in [0.15, 0.2) is 0 Å². The predicted molar refractivity (Wildman–Crippen MR) is 82.4 cm³/mol. The summed E-state index contributed by atoms with van der Waals surface area (Å²) in [7, 11) is -3.15. The van der Waals surface area contributed by atoms with E-state index in [1.807, 2.05) is 13.8 Å². The Labute approximate surface area is 124 Å². The molecule has 0 aromatic rings. The van der Waals surface area contributed by atoms with Crippen molar-refractivity contribution in [1.82, 2.24) is 9.62 Å². The first-order chi connectivity index (χ1) is 9.36. The fraction of sp³-hybridized carbons (Fsp3) is 1.00. The van der Waals surface area contributed by atoms with Crippen LogP contribution in [-0.2, 0) is 14.8 Å². The second-order valence-electron chi connectivity index (χ2n) is 5.91. The van der Waals surface area contributed by atoms with Crippen LogP contribution in [0.5, 0.6) is 0 Å². The molecule has 0 aliphatic carbocycles. The van der Waals surface area contributed by atoms with Gasteiger partial charge in [0.2, 0.25) is 10.0 Å². The van der Waals surface area contributed by atoms with Gasteiger partial charge in [0.1, 0.15) is 0 Å². The Morgan fingerprint density at radius 2 is 2.05 bits per heavy atom. The number of hydrogen-bond donors (Lipinski definition) is 1. The highest BCUT2D eigenvalue weighted by atomic mass is 32.2. The lowest BCUT2D eigenvalue weighted by molar-refractivity contribution is -0.0230. The number of nitrogens with zero attached hydrogens (tertiary/aromatic N) is 1. The first-order valence-electron chi connectivity index (χ1n) is 7.71. The molecular weight excluding hydrogens is 276 g/mol. The Hall–Kier alpha value is -0.170. The molecule has 1 N–H and O–H groups in total. The average Bonchev–Trinajstić information content (AvgIpc) is 2.37. The molecule has 0 saturated carbocycles. The van der Waals surface area contributed by atoms with Crippen LogP contribution in [0.25, 0.3) is 0 Å².